The van der Waals surface area contributed by atoms with E-state index >= 15 is 0 Å². The van der Waals surface area contributed by atoms with E-state index in [9.17, 15) is 4.79 Å². The molecular weight excluding hydrogens is 468 g/mol. The number of carbonyl (C=O) groups excluding carboxylic acids is 1. The van der Waals surface area contributed by atoms with Gasteiger partial charge in [0.05, 0.1) is 26.4 Å². The lowest BCUT2D eigenvalue weighted by atomic mass is 10.1. The zero-order valence-electron chi connectivity index (χ0n) is 21.5. The van der Waals surface area contributed by atoms with Crippen molar-refractivity contribution in [1.82, 2.24) is 9.97 Å². The molecule has 3 heterocycles. The van der Waals surface area contributed by atoms with Gasteiger partial charge in [-0.15, -0.1) is 0 Å². The summed E-state index contributed by atoms with van der Waals surface area (Å²) in [4.78, 5) is 26.9. The quantitative estimate of drug-likeness (QED) is 0.518. The molecule has 2 N–H and O–H groups in total. The summed E-state index contributed by atoms with van der Waals surface area (Å²) in [6.45, 7) is 10.5. The third kappa shape index (κ3) is 6.00. The molecule has 0 radical (unpaired) electrons. The second-order valence-corrected chi connectivity index (χ2v) is 9.20. The Kier molecular flexibility index (Phi) is 7.82. The first-order valence-corrected chi connectivity index (χ1v) is 12.9. The molecule has 3 aromatic rings. The molecule has 2 aliphatic heterocycles. The van der Waals surface area contributed by atoms with Crippen molar-refractivity contribution in [2.45, 2.75) is 20.3 Å². The molecule has 0 unspecified atom stereocenters. The van der Waals surface area contributed by atoms with Crippen LogP contribution in [0.3, 0.4) is 0 Å². The Bertz CT molecular complexity index is 1200. The predicted octanol–water partition coefficient (Wildman–Crippen LogP) is 4.33. The second-order valence-electron chi connectivity index (χ2n) is 9.20. The maximum absolute atomic E-state index is 12.6. The van der Waals surface area contributed by atoms with Crippen LogP contribution in [-0.4, -0.2) is 68.6 Å². The summed E-state index contributed by atoms with van der Waals surface area (Å²) in [6, 6.07) is 15.2. The van der Waals surface area contributed by atoms with E-state index in [4.69, 9.17) is 19.4 Å². The first-order chi connectivity index (χ1) is 18.1. The maximum Gasteiger partial charge on any atom is 0.323 e. The van der Waals surface area contributed by atoms with Crippen molar-refractivity contribution >= 4 is 28.9 Å². The summed E-state index contributed by atoms with van der Waals surface area (Å²) in [7, 11) is 0. The van der Waals surface area contributed by atoms with Gasteiger partial charge >= 0.3 is 6.03 Å². The van der Waals surface area contributed by atoms with Gasteiger partial charge in [-0.1, -0.05) is 6.92 Å². The SMILES string of the molecule is CCc1nc(-c2ccc(NC(=O)Nc3ccc(N4CCOCC4)cc3)cc2)nc(N2CCOCC2)c1C. The van der Waals surface area contributed by atoms with Gasteiger partial charge in [-0.25, -0.2) is 14.8 Å². The number of rotatable bonds is 6. The third-order valence-electron chi connectivity index (χ3n) is 6.77. The Morgan fingerprint density at radius 2 is 1.35 bits per heavy atom. The van der Waals surface area contributed by atoms with Crippen LogP contribution < -0.4 is 20.4 Å². The molecular formula is C28H34N6O3. The van der Waals surface area contributed by atoms with Gasteiger partial charge in [-0.3, -0.25) is 0 Å². The van der Waals surface area contributed by atoms with E-state index in [0.717, 1.165) is 79.8 Å². The number of amides is 2. The number of carbonyl (C=O) groups is 1. The van der Waals surface area contributed by atoms with Crippen LogP contribution in [-0.2, 0) is 15.9 Å². The molecule has 2 aliphatic rings. The zero-order valence-corrected chi connectivity index (χ0v) is 21.5. The number of ether oxygens (including phenoxy) is 2. The molecule has 0 spiro atoms. The van der Waals surface area contributed by atoms with Crippen LogP contribution >= 0.6 is 0 Å². The molecule has 0 bridgehead atoms. The van der Waals surface area contributed by atoms with Gasteiger partial charge < -0.3 is 29.9 Å². The molecule has 0 atom stereocenters. The summed E-state index contributed by atoms with van der Waals surface area (Å²) < 4.78 is 10.9. The lowest BCUT2D eigenvalue weighted by Gasteiger charge is -2.29. The Labute approximate surface area is 217 Å². The first-order valence-electron chi connectivity index (χ1n) is 12.9. The highest BCUT2D eigenvalue weighted by Gasteiger charge is 2.19. The summed E-state index contributed by atoms with van der Waals surface area (Å²) in [5, 5.41) is 5.80. The van der Waals surface area contributed by atoms with Crippen LogP contribution in [0, 0.1) is 6.92 Å². The van der Waals surface area contributed by atoms with Gasteiger partial charge in [0.25, 0.3) is 0 Å². The van der Waals surface area contributed by atoms with E-state index in [1.54, 1.807) is 0 Å². The Balaban J connectivity index is 1.24. The number of benzene rings is 2. The number of urea groups is 1. The Morgan fingerprint density at radius 1 is 0.811 bits per heavy atom. The number of nitrogens with zero attached hydrogens (tertiary/aromatic N) is 4. The molecule has 0 saturated carbocycles. The number of hydrogen-bond donors (Lipinski definition) is 2. The Hall–Kier alpha value is -3.69. The molecule has 9 heteroatoms. The molecule has 0 aliphatic carbocycles. The number of aromatic nitrogens is 2. The monoisotopic (exact) mass is 502 g/mol. The van der Waals surface area contributed by atoms with E-state index in [2.05, 4.69) is 34.3 Å². The normalized spacial score (nSPS) is 15.9. The number of morpholine rings is 2. The van der Waals surface area contributed by atoms with E-state index in [0.29, 0.717) is 24.7 Å². The Morgan fingerprint density at radius 3 is 1.92 bits per heavy atom. The van der Waals surface area contributed by atoms with Crippen molar-refractivity contribution in [1.29, 1.82) is 0 Å². The number of hydrogen-bond acceptors (Lipinski definition) is 7. The fourth-order valence-corrected chi connectivity index (χ4v) is 4.68. The van der Waals surface area contributed by atoms with Crippen molar-refractivity contribution < 1.29 is 14.3 Å². The number of aryl methyl sites for hydroxylation is 1. The molecule has 2 saturated heterocycles. The van der Waals surface area contributed by atoms with E-state index in [1.165, 1.54) is 0 Å². The summed E-state index contributed by atoms with van der Waals surface area (Å²) in [5.41, 5.74) is 5.65. The minimum Gasteiger partial charge on any atom is -0.378 e. The van der Waals surface area contributed by atoms with Gasteiger partial charge in [-0.05, 0) is 61.9 Å². The van der Waals surface area contributed by atoms with Crippen molar-refractivity contribution in [2.24, 2.45) is 0 Å². The average molecular weight is 503 g/mol. The molecule has 9 nitrogen and oxygen atoms in total. The smallest absolute Gasteiger partial charge is 0.323 e. The highest BCUT2D eigenvalue weighted by Crippen LogP contribution is 2.27. The van der Waals surface area contributed by atoms with Crippen LogP contribution in [0.1, 0.15) is 18.2 Å². The lowest BCUT2D eigenvalue weighted by molar-refractivity contribution is 0.122. The topological polar surface area (TPSA) is 91.9 Å². The minimum absolute atomic E-state index is 0.290. The van der Waals surface area contributed by atoms with Gasteiger partial charge in [0, 0.05) is 60.1 Å². The average Bonchev–Trinajstić information content (AvgIpc) is 2.95. The molecule has 1 aromatic heterocycles. The lowest BCUT2D eigenvalue weighted by Crippen LogP contribution is -2.37. The first kappa shape index (κ1) is 25.0. The maximum atomic E-state index is 12.6. The van der Waals surface area contributed by atoms with Crippen LogP contribution in [0.4, 0.5) is 27.7 Å². The molecule has 5 rings (SSSR count). The van der Waals surface area contributed by atoms with Gasteiger partial charge in [0.2, 0.25) is 0 Å². The molecule has 37 heavy (non-hydrogen) atoms. The van der Waals surface area contributed by atoms with Crippen molar-refractivity contribution in [2.75, 3.05) is 73.0 Å². The standard InChI is InChI=1S/C28H34N6O3/c1-3-25-20(2)27(34-14-18-37-19-15-34)32-26(31-25)21-4-6-22(7-5-21)29-28(35)30-23-8-10-24(11-9-23)33-12-16-36-17-13-33/h4-11H,3,12-19H2,1-2H3,(H2,29,30,35). The van der Waals surface area contributed by atoms with Crippen molar-refractivity contribution in [3.05, 3.63) is 59.8 Å². The van der Waals surface area contributed by atoms with Crippen LogP contribution in [0.5, 0.6) is 0 Å². The van der Waals surface area contributed by atoms with Gasteiger partial charge in [0.1, 0.15) is 5.82 Å². The fourth-order valence-electron chi connectivity index (χ4n) is 4.68. The summed E-state index contributed by atoms with van der Waals surface area (Å²) in [6.07, 6.45) is 0.839. The minimum atomic E-state index is -0.290. The van der Waals surface area contributed by atoms with E-state index in [1.807, 2.05) is 48.5 Å². The highest BCUT2D eigenvalue weighted by molar-refractivity contribution is 5.99. The van der Waals surface area contributed by atoms with Crippen LogP contribution in [0.15, 0.2) is 48.5 Å². The second kappa shape index (κ2) is 11.6. The van der Waals surface area contributed by atoms with Gasteiger partial charge in [0.15, 0.2) is 5.82 Å². The predicted molar refractivity (Wildman–Crippen MR) is 147 cm³/mol. The fraction of sp³-hybridized carbons (Fsp3) is 0.393. The molecule has 2 amide bonds. The molecule has 194 valence electrons. The van der Waals surface area contributed by atoms with Crippen molar-refractivity contribution in [3.63, 3.8) is 0 Å². The van der Waals surface area contributed by atoms with Crippen LogP contribution in [0.25, 0.3) is 11.4 Å². The van der Waals surface area contributed by atoms with Crippen molar-refractivity contribution in [3.8, 4) is 11.4 Å². The molecule has 2 aromatic carbocycles. The largest absolute Gasteiger partial charge is 0.378 e. The third-order valence-corrected chi connectivity index (χ3v) is 6.77. The number of nitrogens with one attached hydrogen (secondary N) is 2. The van der Waals surface area contributed by atoms with E-state index in [-0.39, 0.29) is 6.03 Å². The highest BCUT2D eigenvalue weighted by atomic mass is 16.5. The number of anilines is 4. The van der Waals surface area contributed by atoms with E-state index < -0.39 is 0 Å². The summed E-state index contributed by atoms with van der Waals surface area (Å²) >= 11 is 0. The van der Waals surface area contributed by atoms with Gasteiger partial charge in [-0.2, -0.15) is 0 Å². The summed E-state index contributed by atoms with van der Waals surface area (Å²) in [5.74, 6) is 1.67. The van der Waals surface area contributed by atoms with Crippen LogP contribution in [0.2, 0.25) is 0 Å². The molecule has 2 fully saturated rings. The zero-order chi connectivity index (χ0) is 25.6.